The monoisotopic (exact) mass is 407 g/mol. The van der Waals surface area contributed by atoms with E-state index in [-0.39, 0.29) is 18.2 Å². The van der Waals surface area contributed by atoms with Gasteiger partial charge in [0.2, 0.25) is 0 Å². The molecule has 3 N–H and O–H groups in total. The lowest BCUT2D eigenvalue weighted by atomic mass is 10.2. The number of aromatic hydroxyl groups is 1. The van der Waals surface area contributed by atoms with Crippen molar-refractivity contribution in [3.63, 3.8) is 0 Å². The minimum Gasteiger partial charge on any atom is -0.503 e. The number of hydrogen-bond donors (Lipinski definition) is 3. The average Bonchev–Trinajstić information content (AvgIpc) is 2.63. The fraction of sp³-hybridized carbons (Fsp3) is 0.176. The first-order valence-electron chi connectivity index (χ1n) is 7.30. The molecule has 0 radical (unpaired) electrons. The number of ether oxygens (including phenoxy) is 2. The third-order valence-corrected chi connectivity index (χ3v) is 3.82. The van der Waals surface area contributed by atoms with Gasteiger partial charge in [-0.15, -0.1) is 0 Å². The summed E-state index contributed by atoms with van der Waals surface area (Å²) < 4.78 is 10.6. The van der Waals surface area contributed by atoms with Gasteiger partial charge in [-0.1, -0.05) is 0 Å². The van der Waals surface area contributed by atoms with E-state index >= 15 is 0 Å². The number of amides is 1. The zero-order valence-corrected chi connectivity index (χ0v) is 15.3. The fourth-order valence-electron chi connectivity index (χ4n) is 1.93. The molecule has 0 unspecified atom stereocenters. The van der Waals surface area contributed by atoms with Crippen LogP contribution in [0.2, 0.25) is 0 Å². The van der Waals surface area contributed by atoms with Crippen LogP contribution in [0.1, 0.15) is 5.56 Å². The predicted molar refractivity (Wildman–Crippen MR) is 99.6 cm³/mol. The van der Waals surface area contributed by atoms with Crippen LogP contribution in [-0.4, -0.2) is 38.0 Å². The van der Waals surface area contributed by atoms with Crippen LogP contribution in [0.25, 0.3) is 0 Å². The number of carbonyl (C=O) groups is 1. The number of anilines is 1. The van der Waals surface area contributed by atoms with Crippen molar-refractivity contribution in [1.29, 1.82) is 0 Å². The number of benzene rings is 2. The predicted octanol–water partition coefficient (Wildman–Crippen LogP) is 2.73. The highest BCUT2D eigenvalue weighted by molar-refractivity contribution is 9.10. The molecule has 0 atom stereocenters. The number of rotatable bonds is 7. The molecular weight excluding hydrogens is 390 g/mol. The van der Waals surface area contributed by atoms with Crippen molar-refractivity contribution < 1.29 is 19.4 Å². The van der Waals surface area contributed by atoms with E-state index in [9.17, 15) is 9.90 Å². The molecule has 25 heavy (non-hydrogen) atoms. The van der Waals surface area contributed by atoms with Gasteiger partial charge in [0.15, 0.2) is 11.5 Å². The maximum Gasteiger partial charge on any atom is 0.259 e. The molecule has 0 aliphatic carbocycles. The number of phenols is 1. The van der Waals surface area contributed by atoms with Crippen LogP contribution in [0.3, 0.4) is 0 Å². The normalized spacial score (nSPS) is 10.5. The second-order valence-electron chi connectivity index (χ2n) is 4.93. The van der Waals surface area contributed by atoms with E-state index in [2.05, 4.69) is 31.8 Å². The van der Waals surface area contributed by atoms with Crippen LogP contribution in [0.5, 0.6) is 17.2 Å². The summed E-state index contributed by atoms with van der Waals surface area (Å²) in [5.74, 6) is 0.766. The second-order valence-corrected chi connectivity index (χ2v) is 5.78. The van der Waals surface area contributed by atoms with Gasteiger partial charge >= 0.3 is 0 Å². The number of nitrogens with zero attached hydrogens (tertiary/aromatic N) is 1. The molecule has 2 aromatic rings. The highest BCUT2D eigenvalue weighted by Crippen LogP contribution is 2.34. The molecule has 7 nitrogen and oxygen atoms in total. The van der Waals surface area contributed by atoms with Gasteiger partial charge in [0.05, 0.1) is 31.5 Å². The zero-order valence-electron chi connectivity index (χ0n) is 13.7. The molecule has 1 amide bonds. The molecule has 0 saturated heterocycles. The standard InChI is InChI=1S/C17H18BrN3O4/c1-24-13-5-3-12(4-6-13)19-10-16(22)21-20-9-11-7-14(18)17(23)15(8-11)25-2/h3-9,19,23H,10H2,1-2H3,(H,21,22). The summed E-state index contributed by atoms with van der Waals surface area (Å²) in [6, 6.07) is 10.5. The van der Waals surface area contributed by atoms with Crippen LogP contribution in [0.4, 0.5) is 5.69 Å². The minimum atomic E-state index is -0.295. The zero-order chi connectivity index (χ0) is 18.2. The maximum atomic E-state index is 11.8. The van der Waals surface area contributed by atoms with E-state index < -0.39 is 0 Å². The van der Waals surface area contributed by atoms with Gasteiger partial charge in [-0.3, -0.25) is 4.79 Å². The highest BCUT2D eigenvalue weighted by atomic mass is 79.9. The van der Waals surface area contributed by atoms with Gasteiger partial charge < -0.3 is 19.9 Å². The molecule has 0 spiro atoms. The molecule has 2 aromatic carbocycles. The Kier molecular flexibility index (Phi) is 6.64. The van der Waals surface area contributed by atoms with Crippen LogP contribution >= 0.6 is 15.9 Å². The summed E-state index contributed by atoms with van der Waals surface area (Å²) in [6.45, 7) is 0.0757. The van der Waals surface area contributed by atoms with E-state index in [4.69, 9.17) is 9.47 Å². The molecule has 0 aromatic heterocycles. The molecule has 0 saturated carbocycles. The topological polar surface area (TPSA) is 92.2 Å². The summed E-state index contributed by atoms with van der Waals surface area (Å²) in [6.07, 6.45) is 1.46. The molecule has 0 fully saturated rings. The van der Waals surface area contributed by atoms with Crippen LogP contribution in [0, 0.1) is 0 Å². The van der Waals surface area contributed by atoms with Crippen molar-refractivity contribution in [3.05, 3.63) is 46.4 Å². The summed E-state index contributed by atoms with van der Waals surface area (Å²) in [5.41, 5.74) is 3.88. The quantitative estimate of drug-likeness (QED) is 0.484. The number of phenolic OH excluding ortho intramolecular Hbond substituents is 1. The van der Waals surface area contributed by atoms with Crippen molar-refractivity contribution in [3.8, 4) is 17.2 Å². The Hall–Kier alpha value is -2.74. The second kappa shape index (κ2) is 8.93. The Balaban J connectivity index is 1.86. The number of hydrogen-bond acceptors (Lipinski definition) is 6. The lowest BCUT2D eigenvalue weighted by Crippen LogP contribution is -2.25. The fourth-order valence-corrected chi connectivity index (χ4v) is 2.39. The average molecular weight is 408 g/mol. The molecule has 2 rings (SSSR count). The Bertz CT molecular complexity index is 763. The van der Waals surface area contributed by atoms with E-state index in [1.165, 1.54) is 13.3 Å². The highest BCUT2D eigenvalue weighted by Gasteiger charge is 2.07. The van der Waals surface area contributed by atoms with E-state index in [1.807, 2.05) is 12.1 Å². The SMILES string of the molecule is COc1ccc(NCC(=O)NN=Cc2cc(Br)c(O)c(OC)c2)cc1. The van der Waals surface area contributed by atoms with Crippen LogP contribution in [-0.2, 0) is 4.79 Å². The Labute approximate surface area is 153 Å². The van der Waals surface area contributed by atoms with Gasteiger partial charge in [-0.2, -0.15) is 5.10 Å². The summed E-state index contributed by atoms with van der Waals surface area (Å²) >= 11 is 3.22. The lowest BCUT2D eigenvalue weighted by Gasteiger charge is -2.07. The maximum absolute atomic E-state index is 11.8. The van der Waals surface area contributed by atoms with Crippen LogP contribution in [0.15, 0.2) is 46.0 Å². The minimum absolute atomic E-state index is 0.00683. The van der Waals surface area contributed by atoms with Crippen LogP contribution < -0.4 is 20.2 Å². The van der Waals surface area contributed by atoms with Gasteiger partial charge in [0, 0.05) is 5.69 Å². The molecular formula is C17H18BrN3O4. The number of methoxy groups -OCH3 is 2. The lowest BCUT2D eigenvalue weighted by molar-refractivity contribution is -0.119. The number of halogens is 1. The third kappa shape index (κ3) is 5.39. The van der Waals surface area contributed by atoms with E-state index in [0.717, 1.165) is 11.4 Å². The first-order valence-corrected chi connectivity index (χ1v) is 8.09. The summed E-state index contributed by atoms with van der Waals surface area (Å²) in [5, 5.41) is 16.6. The molecule has 0 heterocycles. The van der Waals surface area contributed by atoms with Crippen molar-refractivity contribution in [2.45, 2.75) is 0 Å². The Morgan fingerprint density at radius 1 is 1.24 bits per heavy atom. The van der Waals surface area contributed by atoms with Crippen molar-refractivity contribution in [2.24, 2.45) is 5.10 Å². The van der Waals surface area contributed by atoms with Gasteiger partial charge in [-0.25, -0.2) is 5.43 Å². The number of hydrazone groups is 1. The van der Waals surface area contributed by atoms with E-state index in [1.54, 1.807) is 31.4 Å². The third-order valence-electron chi connectivity index (χ3n) is 3.22. The van der Waals surface area contributed by atoms with Gasteiger partial charge in [0.25, 0.3) is 5.91 Å². The molecule has 0 aliphatic rings. The van der Waals surface area contributed by atoms with E-state index in [0.29, 0.717) is 15.8 Å². The van der Waals surface area contributed by atoms with Crippen molar-refractivity contribution >= 4 is 33.7 Å². The Morgan fingerprint density at radius 2 is 1.96 bits per heavy atom. The molecule has 0 aliphatic heterocycles. The first-order chi connectivity index (χ1) is 12.0. The molecule has 0 bridgehead atoms. The molecule has 132 valence electrons. The Morgan fingerprint density at radius 3 is 2.60 bits per heavy atom. The number of nitrogens with one attached hydrogen (secondary N) is 2. The van der Waals surface area contributed by atoms with Gasteiger partial charge in [-0.05, 0) is 57.9 Å². The van der Waals surface area contributed by atoms with Crippen molar-refractivity contribution in [1.82, 2.24) is 5.43 Å². The largest absolute Gasteiger partial charge is 0.503 e. The first kappa shape index (κ1) is 18.6. The summed E-state index contributed by atoms with van der Waals surface area (Å²) in [4.78, 5) is 11.8. The number of carbonyl (C=O) groups excluding carboxylic acids is 1. The smallest absolute Gasteiger partial charge is 0.259 e. The summed E-state index contributed by atoms with van der Waals surface area (Å²) in [7, 11) is 3.05. The van der Waals surface area contributed by atoms with Crippen molar-refractivity contribution in [2.75, 3.05) is 26.1 Å². The van der Waals surface area contributed by atoms with Gasteiger partial charge in [0.1, 0.15) is 5.75 Å². The molecule has 8 heteroatoms.